The number of ether oxygens (including phenoxy) is 2. The van der Waals surface area contributed by atoms with Gasteiger partial charge in [-0.25, -0.2) is 0 Å². The first-order valence-corrected chi connectivity index (χ1v) is 17.4. The van der Waals surface area contributed by atoms with Crippen LogP contribution in [0.3, 0.4) is 0 Å². The minimum Gasteiger partial charge on any atom is -0.481 e. The van der Waals surface area contributed by atoms with Gasteiger partial charge in [0.2, 0.25) is 11.8 Å². The number of benzene rings is 4. The Balaban J connectivity index is 1.27. The zero-order valence-corrected chi connectivity index (χ0v) is 28.3. The summed E-state index contributed by atoms with van der Waals surface area (Å²) in [5.41, 5.74) is 6.49. The Morgan fingerprint density at radius 2 is 1.53 bits per heavy atom. The van der Waals surface area contributed by atoms with Crippen molar-refractivity contribution < 1.29 is 34.1 Å². The third kappa shape index (κ3) is 10.8. The maximum atomic E-state index is 12.4. The molecular formula is C39H42N2O7S. The first-order valence-electron chi connectivity index (χ1n) is 16.4. The van der Waals surface area contributed by atoms with Gasteiger partial charge in [-0.3, -0.25) is 14.4 Å². The van der Waals surface area contributed by atoms with Crippen molar-refractivity contribution in [2.75, 3.05) is 11.1 Å². The number of amides is 2. The van der Waals surface area contributed by atoms with Crippen LogP contribution in [-0.4, -0.2) is 39.9 Å². The number of carboxylic acid groups (broad SMARTS) is 1. The van der Waals surface area contributed by atoms with Crippen molar-refractivity contribution in [2.24, 2.45) is 0 Å². The summed E-state index contributed by atoms with van der Waals surface area (Å²) in [7, 11) is 0. The van der Waals surface area contributed by atoms with Gasteiger partial charge in [0, 0.05) is 54.6 Å². The van der Waals surface area contributed by atoms with Crippen LogP contribution in [0.2, 0.25) is 0 Å². The van der Waals surface area contributed by atoms with Gasteiger partial charge in [0.15, 0.2) is 6.29 Å². The molecule has 0 spiro atoms. The highest BCUT2D eigenvalue weighted by molar-refractivity contribution is 7.99. The molecule has 1 saturated heterocycles. The standard InChI is InChI=1S/C39H42N2O7S/c1-26(43)41-32-18-20-34(21-19-32)49-25-33-22-36(29-12-10-27(24-42)11-13-29)48-39(47-33)30-16-14-28(15-17-30)35-7-3-2-6-31(35)23-40-37(44)8-4-5-9-38(45)46/h2-3,6-7,10-21,33,36,39,42H,4-5,8-9,22-25H2,1H3,(H,40,44)(H,41,43)(H,45,46). The first kappa shape index (κ1) is 35.8. The van der Waals surface area contributed by atoms with Crippen molar-refractivity contribution in [1.82, 2.24) is 5.32 Å². The van der Waals surface area contributed by atoms with Gasteiger partial charge in [-0.05, 0) is 64.9 Å². The summed E-state index contributed by atoms with van der Waals surface area (Å²) in [5.74, 6) is -0.347. The summed E-state index contributed by atoms with van der Waals surface area (Å²) < 4.78 is 13.1. The fraction of sp³-hybridized carbons (Fsp3) is 0.308. The topological polar surface area (TPSA) is 134 Å². The number of anilines is 1. The molecule has 0 aromatic heterocycles. The van der Waals surface area contributed by atoms with E-state index in [1.807, 2.05) is 97.1 Å². The van der Waals surface area contributed by atoms with Gasteiger partial charge < -0.3 is 30.3 Å². The molecule has 1 heterocycles. The molecule has 1 aliphatic rings. The molecule has 0 bridgehead atoms. The number of thioether (sulfide) groups is 1. The molecule has 0 saturated carbocycles. The molecule has 2 amide bonds. The molecule has 1 aliphatic heterocycles. The Bertz CT molecular complexity index is 1690. The average Bonchev–Trinajstić information content (AvgIpc) is 3.12. The minimum absolute atomic E-state index is 0.0199. The molecule has 0 aliphatic carbocycles. The van der Waals surface area contributed by atoms with E-state index in [1.54, 1.807) is 11.8 Å². The van der Waals surface area contributed by atoms with Gasteiger partial charge in [-0.1, -0.05) is 72.8 Å². The summed E-state index contributed by atoms with van der Waals surface area (Å²) in [6.07, 6.45) is 1.15. The maximum Gasteiger partial charge on any atom is 0.303 e. The number of aliphatic hydroxyl groups is 1. The van der Waals surface area contributed by atoms with E-state index in [2.05, 4.69) is 10.6 Å². The SMILES string of the molecule is CC(=O)Nc1ccc(SCC2CC(c3ccc(CO)cc3)OC(c3ccc(-c4ccccc4CNC(=O)CCCCC(=O)O)cc3)O2)cc1. The molecule has 10 heteroatoms. The quantitative estimate of drug-likeness (QED) is 0.0753. The van der Waals surface area contributed by atoms with Crippen LogP contribution in [0.25, 0.3) is 11.1 Å². The number of aliphatic carboxylic acids is 1. The Hall–Kier alpha value is -4.48. The number of hydrogen-bond donors (Lipinski definition) is 4. The zero-order chi connectivity index (χ0) is 34.6. The van der Waals surface area contributed by atoms with Crippen molar-refractivity contribution in [2.45, 2.75) is 75.6 Å². The molecule has 3 atom stereocenters. The van der Waals surface area contributed by atoms with Gasteiger partial charge in [-0.15, -0.1) is 11.8 Å². The molecule has 4 N–H and O–H groups in total. The number of rotatable bonds is 15. The lowest BCUT2D eigenvalue weighted by Crippen LogP contribution is -2.31. The molecule has 5 rings (SSSR count). The lowest BCUT2D eigenvalue weighted by Gasteiger charge is -2.36. The summed E-state index contributed by atoms with van der Waals surface area (Å²) in [5, 5.41) is 24.1. The lowest BCUT2D eigenvalue weighted by atomic mass is 9.97. The predicted molar refractivity (Wildman–Crippen MR) is 190 cm³/mol. The van der Waals surface area contributed by atoms with E-state index in [1.165, 1.54) is 6.92 Å². The van der Waals surface area contributed by atoms with E-state index in [4.69, 9.17) is 14.6 Å². The van der Waals surface area contributed by atoms with Gasteiger partial charge in [0.05, 0.1) is 18.8 Å². The Morgan fingerprint density at radius 3 is 2.22 bits per heavy atom. The number of carbonyl (C=O) groups excluding carboxylic acids is 2. The highest BCUT2D eigenvalue weighted by Gasteiger charge is 2.32. The average molecular weight is 683 g/mol. The van der Waals surface area contributed by atoms with E-state index < -0.39 is 12.3 Å². The van der Waals surface area contributed by atoms with Crippen LogP contribution in [-0.2, 0) is 37.0 Å². The molecule has 256 valence electrons. The second-order valence-electron chi connectivity index (χ2n) is 12.0. The predicted octanol–water partition coefficient (Wildman–Crippen LogP) is 7.40. The Morgan fingerprint density at radius 1 is 0.837 bits per heavy atom. The van der Waals surface area contributed by atoms with Crippen LogP contribution in [0, 0.1) is 0 Å². The Labute approximate surface area is 291 Å². The number of carboxylic acids is 1. The highest BCUT2D eigenvalue weighted by atomic mass is 32.2. The summed E-state index contributed by atoms with van der Waals surface area (Å²) in [6.45, 7) is 1.84. The summed E-state index contributed by atoms with van der Waals surface area (Å²) in [4.78, 5) is 35.6. The monoisotopic (exact) mass is 682 g/mol. The lowest BCUT2D eigenvalue weighted by molar-refractivity contribution is -0.245. The molecule has 1 fully saturated rings. The smallest absolute Gasteiger partial charge is 0.303 e. The van der Waals surface area contributed by atoms with E-state index >= 15 is 0 Å². The molecule has 4 aromatic rings. The van der Waals surface area contributed by atoms with Crippen molar-refractivity contribution in [3.63, 3.8) is 0 Å². The van der Waals surface area contributed by atoms with Gasteiger partial charge in [0.25, 0.3) is 0 Å². The number of unbranched alkanes of at least 4 members (excludes halogenated alkanes) is 1. The third-order valence-corrected chi connectivity index (χ3v) is 9.40. The van der Waals surface area contributed by atoms with E-state index in [-0.39, 0.29) is 37.0 Å². The summed E-state index contributed by atoms with van der Waals surface area (Å²) in [6, 6.07) is 31.6. The van der Waals surface area contributed by atoms with Crippen molar-refractivity contribution >= 4 is 35.2 Å². The van der Waals surface area contributed by atoms with E-state index in [0.29, 0.717) is 38.0 Å². The van der Waals surface area contributed by atoms with Gasteiger partial charge >= 0.3 is 5.97 Å². The number of carbonyl (C=O) groups is 3. The van der Waals surface area contributed by atoms with E-state index in [9.17, 15) is 19.5 Å². The summed E-state index contributed by atoms with van der Waals surface area (Å²) >= 11 is 1.69. The largest absolute Gasteiger partial charge is 0.481 e. The Kier molecular flexibility index (Phi) is 13.0. The van der Waals surface area contributed by atoms with Crippen LogP contribution in [0.15, 0.2) is 102 Å². The highest BCUT2D eigenvalue weighted by Crippen LogP contribution is 2.40. The number of hydrogen-bond acceptors (Lipinski definition) is 7. The molecule has 49 heavy (non-hydrogen) atoms. The third-order valence-electron chi connectivity index (χ3n) is 8.26. The van der Waals surface area contributed by atoms with Crippen LogP contribution >= 0.6 is 11.8 Å². The fourth-order valence-electron chi connectivity index (χ4n) is 5.67. The number of nitrogens with one attached hydrogen (secondary N) is 2. The van der Waals surface area contributed by atoms with Crippen molar-refractivity contribution in [3.8, 4) is 11.1 Å². The fourth-order valence-corrected chi connectivity index (χ4v) is 6.59. The number of aliphatic hydroxyl groups excluding tert-OH is 1. The molecular weight excluding hydrogens is 641 g/mol. The molecule has 0 radical (unpaired) electrons. The normalized spacial score (nSPS) is 17.3. The molecule has 3 unspecified atom stereocenters. The van der Waals surface area contributed by atoms with Crippen LogP contribution < -0.4 is 10.6 Å². The van der Waals surface area contributed by atoms with E-state index in [0.717, 1.165) is 44.0 Å². The minimum atomic E-state index is -0.850. The second-order valence-corrected chi connectivity index (χ2v) is 13.1. The van der Waals surface area contributed by atoms with Gasteiger partial charge in [-0.2, -0.15) is 0 Å². The van der Waals surface area contributed by atoms with Crippen LogP contribution in [0.5, 0.6) is 0 Å². The molecule has 9 nitrogen and oxygen atoms in total. The van der Waals surface area contributed by atoms with Crippen LogP contribution in [0.1, 0.15) is 73.7 Å². The first-order chi connectivity index (χ1) is 23.8. The van der Waals surface area contributed by atoms with Crippen molar-refractivity contribution in [1.29, 1.82) is 0 Å². The van der Waals surface area contributed by atoms with Crippen molar-refractivity contribution in [3.05, 3.63) is 119 Å². The van der Waals surface area contributed by atoms with Gasteiger partial charge in [0.1, 0.15) is 0 Å². The zero-order valence-electron chi connectivity index (χ0n) is 27.5. The maximum absolute atomic E-state index is 12.4. The second kappa shape index (κ2) is 17.8. The molecule has 4 aromatic carbocycles. The van der Waals surface area contributed by atoms with Crippen LogP contribution in [0.4, 0.5) is 5.69 Å².